The quantitative estimate of drug-likeness (QED) is 0.381. The summed E-state index contributed by atoms with van der Waals surface area (Å²) in [6, 6.07) is 3.97. The van der Waals surface area contributed by atoms with Crippen molar-refractivity contribution < 1.29 is 19.4 Å². The van der Waals surface area contributed by atoms with Crippen LogP contribution in [0.1, 0.15) is 5.56 Å². The van der Waals surface area contributed by atoms with Crippen LogP contribution in [0, 0.1) is 14.1 Å². The van der Waals surface area contributed by atoms with Crippen LogP contribution in [0.2, 0.25) is 0 Å². The molecule has 0 saturated carbocycles. The summed E-state index contributed by atoms with van der Waals surface area (Å²) in [4.78, 5) is 10.8. The molecule has 0 heterocycles. The van der Waals surface area contributed by atoms with E-state index in [1.807, 2.05) is 19.1 Å². The van der Waals surface area contributed by atoms with Gasteiger partial charge in [0, 0.05) is 6.08 Å². The molecule has 0 amide bonds. The fourth-order valence-corrected chi connectivity index (χ4v) is 2.98. The molecule has 0 radical (unpaired) electrons. The maximum Gasteiger partial charge on any atom is 0.330 e. The zero-order valence-electron chi connectivity index (χ0n) is 10.4. The number of aliphatic hydroxyl groups is 1. The van der Waals surface area contributed by atoms with E-state index in [0.717, 1.165) is 24.5 Å². The summed E-state index contributed by atoms with van der Waals surface area (Å²) >= 11 is 4.38. The molecule has 1 rings (SSSR count). The maximum atomic E-state index is 10.8. The molecule has 1 atom stereocenters. The van der Waals surface area contributed by atoms with Crippen molar-refractivity contribution in [3.8, 4) is 5.75 Å². The second-order valence-corrected chi connectivity index (χ2v) is 6.05. The van der Waals surface area contributed by atoms with Gasteiger partial charge in [0.25, 0.3) is 0 Å². The zero-order valence-corrected chi connectivity index (χ0v) is 14.7. The summed E-state index contributed by atoms with van der Waals surface area (Å²) in [5, 5.41) is 9.66. The van der Waals surface area contributed by atoms with Crippen molar-refractivity contribution in [3.05, 3.63) is 37.5 Å². The molecular weight excluding hydrogens is 474 g/mol. The standard InChI is InChI=1S/C13H14I2O4/c1-3-11(17)18-6-9(16)7-19-13-10(14)5-4-8(2)12(13)15/h3-5,9,16H,1,6-7H2,2H3. The average Bonchev–Trinajstić information content (AvgIpc) is 2.40. The van der Waals surface area contributed by atoms with Gasteiger partial charge in [-0.25, -0.2) is 4.79 Å². The van der Waals surface area contributed by atoms with Gasteiger partial charge in [0.15, 0.2) is 0 Å². The predicted molar refractivity (Wildman–Crippen MR) is 89.3 cm³/mol. The van der Waals surface area contributed by atoms with Gasteiger partial charge in [-0.1, -0.05) is 12.6 Å². The summed E-state index contributed by atoms with van der Waals surface area (Å²) in [6.07, 6.45) is 0.191. The Balaban J connectivity index is 2.55. The molecule has 0 aliphatic rings. The van der Waals surface area contributed by atoms with Crippen LogP contribution < -0.4 is 4.74 Å². The fourth-order valence-electron chi connectivity index (χ4n) is 1.23. The van der Waals surface area contributed by atoms with E-state index in [2.05, 4.69) is 51.8 Å². The van der Waals surface area contributed by atoms with Crippen LogP contribution in [-0.4, -0.2) is 30.4 Å². The molecule has 0 fully saturated rings. The predicted octanol–water partition coefficient (Wildman–Crippen LogP) is 2.67. The van der Waals surface area contributed by atoms with Gasteiger partial charge in [0.2, 0.25) is 0 Å². The van der Waals surface area contributed by atoms with Crippen LogP contribution in [0.3, 0.4) is 0 Å². The van der Waals surface area contributed by atoms with Crippen LogP contribution >= 0.6 is 45.2 Å². The molecule has 1 aromatic carbocycles. The minimum Gasteiger partial charge on any atom is -0.489 e. The number of hydrogen-bond donors (Lipinski definition) is 1. The Hall–Kier alpha value is -0.350. The third-order valence-corrected chi connectivity index (χ3v) is 4.44. The van der Waals surface area contributed by atoms with Crippen LogP contribution in [0.15, 0.2) is 24.8 Å². The van der Waals surface area contributed by atoms with Gasteiger partial charge in [0.05, 0.1) is 7.14 Å². The first-order valence-corrected chi connectivity index (χ1v) is 7.66. The molecule has 0 spiro atoms. The van der Waals surface area contributed by atoms with Crippen molar-refractivity contribution in [3.63, 3.8) is 0 Å². The summed E-state index contributed by atoms with van der Waals surface area (Å²) < 4.78 is 12.3. The first-order chi connectivity index (χ1) is 8.95. The minimum atomic E-state index is -0.865. The smallest absolute Gasteiger partial charge is 0.330 e. The number of aliphatic hydroxyl groups excluding tert-OH is 1. The first-order valence-electron chi connectivity index (χ1n) is 5.50. The van der Waals surface area contributed by atoms with E-state index < -0.39 is 12.1 Å². The number of ether oxygens (including phenoxy) is 2. The van der Waals surface area contributed by atoms with Gasteiger partial charge < -0.3 is 14.6 Å². The first kappa shape index (κ1) is 16.7. The minimum absolute atomic E-state index is 0.0693. The summed E-state index contributed by atoms with van der Waals surface area (Å²) in [5.41, 5.74) is 1.11. The molecule has 0 bridgehead atoms. The summed E-state index contributed by atoms with van der Waals surface area (Å²) in [6.45, 7) is 5.23. The Morgan fingerprint density at radius 1 is 1.47 bits per heavy atom. The van der Waals surface area contributed by atoms with Crippen LogP contribution in [-0.2, 0) is 9.53 Å². The Morgan fingerprint density at radius 3 is 2.79 bits per heavy atom. The van der Waals surface area contributed by atoms with Gasteiger partial charge in [-0.15, -0.1) is 0 Å². The van der Waals surface area contributed by atoms with Crippen molar-refractivity contribution in [2.45, 2.75) is 13.0 Å². The van der Waals surface area contributed by atoms with E-state index in [1.54, 1.807) is 0 Å². The van der Waals surface area contributed by atoms with Gasteiger partial charge in [-0.2, -0.15) is 0 Å². The van der Waals surface area contributed by atoms with E-state index >= 15 is 0 Å². The number of esters is 1. The van der Waals surface area contributed by atoms with E-state index in [0.29, 0.717) is 0 Å². The number of aryl methyl sites for hydroxylation is 1. The topological polar surface area (TPSA) is 55.8 Å². The average molecular weight is 488 g/mol. The molecular formula is C13H14I2O4. The number of carbonyl (C=O) groups is 1. The van der Waals surface area contributed by atoms with Crippen molar-refractivity contribution >= 4 is 51.2 Å². The molecule has 1 unspecified atom stereocenters. The molecule has 1 aromatic rings. The highest BCUT2D eigenvalue weighted by Crippen LogP contribution is 2.29. The number of halogens is 2. The number of benzene rings is 1. The normalized spacial score (nSPS) is 11.8. The highest BCUT2D eigenvalue weighted by Gasteiger charge is 2.12. The maximum absolute atomic E-state index is 10.8. The molecule has 4 nitrogen and oxygen atoms in total. The largest absolute Gasteiger partial charge is 0.489 e. The number of hydrogen-bond acceptors (Lipinski definition) is 4. The van der Waals surface area contributed by atoms with Gasteiger partial charge in [-0.3, -0.25) is 0 Å². The summed E-state index contributed by atoms with van der Waals surface area (Å²) in [5.74, 6) is 0.189. The lowest BCUT2D eigenvalue weighted by Gasteiger charge is -2.15. The Labute approximate surface area is 139 Å². The Morgan fingerprint density at radius 2 is 2.16 bits per heavy atom. The molecule has 6 heteroatoms. The monoisotopic (exact) mass is 488 g/mol. The van der Waals surface area contributed by atoms with Gasteiger partial charge >= 0.3 is 5.97 Å². The molecule has 104 valence electrons. The molecule has 0 aliphatic carbocycles. The Bertz CT molecular complexity index is 474. The SMILES string of the molecule is C=CC(=O)OCC(O)COc1c(I)ccc(C)c1I. The van der Waals surface area contributed by atoms with E-state index in [1.165, 1.54) is 0 Å². The number of rotatable bonds is 6. The lowest BCUT2D eigenvalue weighted by atomic mass is 10.2. The molecule has 1 N–H and O–H groups in total. The van der Waals surface area contributed by atoms with E-state index in [4.69, 9.17) is 9.47 Å². The zero-order chi connectivity index (χ0) is 14.4. The molecule has 0 aromatic heterocycles. The van der Waals surface area contributed by atoms with E-state index in [-0.39, 0.29) is 13.2 Å². The van der Waals surface area contributed by atoms with Gasteiger partial charge in [0.1, 0.15) is 25.1 Å². The van der Waals surface area contributed by atoms with Crippen LogP contribution in [0.5, 0.6) is 5.75 Å². The molecule has 0 aliphatic heterocycles. The van der Waals surface area contributed by atoms with Gasteiger partial charge in [-0.05, 0) is 63.7 Å². The van der Waals surface area contributed by atoms with Crippen molar-refractivity contribution in [1.29, 1.82) is 0 Å². The van der Waals surface area contributed by atoms with Crippen LogP contribution in [0.25, 0.3) is 0 Å². The number of carbonyl (C=O) groups excluding carboxylic acids is 1. The highest BCUT2D eigenvalue weighted by molar-refractivity contribution is 14.1. The lowest BCUT2D eigenvalue weighted by Crippen LogP contribution is -2.25. The fraction of sp³-hybridized carbons (Fsp3) is 0.308. The summed E-state index contributed by atoms with van der Waals surface area (Å²) in [7, 11) is 0. The third-order valence-electron chi connectivity index (χ3n) is 2.25. The van der Waals surface area contributed by atoms with Crippen molar-refractivity contribution in [2.24, 2.45) is 0 Å². The van der Waals surface area contributed by atoms with Crippen molar-refractivity contribution in [2.75, 3.05) is 13.2 Å². The molecule has 0 saturated heterocycles. The van der Waals surface area contributed by atoms with E-state index in [9.17, 15) is 9.90 Å². The van der Waals surface area contributed by atoms with Crippen molar-refractivity contribution in [1.82, 2.24) is 0 Å². The second kappa shape index (κ2) is 8.05. The Kier molecular flexibility index (Phi) is 7.08. The second-order valence-electron chi connectivity index (χ2n) is 3.81. The third kappa shape index (κ3) is 5.27. The highest BCUT2D eigenvalue weighted by atomic mass is 127. The lowest BCUT2D eigenvalue weighted by molar-refractivity contribution is -0.141. The van der Waals surface area contributed by atoms with Crippen LogP contribution in [0.4, 0.5) is 0 Å². The molecule has 19 heavy (non-hydrogen) atoms.